The van der Waals surface area contributed by atoms with Crippen LogP contribution < -0.4 is 25.0 Å². The number of nitrogens with one attached hydrogen (secondary N) is 2. The molecule has 0 saturated carbocycles. The summed E-state index contributed by atoms with van der Waals surface area (Å²) in [5.41, 5.74) is 3.92. The van der Waals surface area contributed by atoms with Gasteiger partial charge in [0.1, 0.15) is 5.57 Å². The molecule has 0 unspecified atom stereocenters. The van der Waals surface area contributed by atoms with Gasteiger partial charge in [0.25, 0.3) is 17.7 Å². The fourth-order valence-electron chi connectivity index (χ4n) is 3.89. The zero-order valence-corrected chi connectivity index (χ0v) is 25.0. The Morgan fingerprint density at radius 3 is 2.42 bits per heavy atom. The molecule has 4 rings (SSSR count). The number of urea groups is 1. The molecule has 40 heavy (non-hydrogen) atoms. The first kappa shape index (κ1) is 29.1. The van der Waals surface area contributed by atoms with E-state index in [9.17, 15) is 19.2 Å². The van der Waals surface area contributed by atoms with Crippen LogP contribution in [0.1, 0.15) is 22.3 Å². The molecule has 1 fully saturated rings. The number of halogens is 2. The third-order valence-corrected chi connectivity index (χ3v) is 7.42. The fraction of sp³-hybridized carbons (Fsp3) is 0.172. The van der Waals surface area contributed by atoms with Crippen molar-refractivity contribution < 1.29 is 28.7 Å². The van der Waals surface area contributed by atoms with E-state index in [-0.39, 0.29) is 17.9 Å². The third kappa shape index (κ3) is 6.28. The number of carbonyl (C=O) groups is 4. The molecule has 3 aromatic rings. The van der Waals surface area contributed by atoms with E-state index in [4.69, 9.17) is 21.1 Å². The van der Waals surface area contributed by atoms with Crippen LogP contribution in [-0.2, 0) is 14.4 Å². The van der Waals surface area contributed by atoms with Gasteiger partial charge >= 0.3 is 6.03 Å². The largest absolute Gasteiger partial charge is 0.493 e. The van der Waals surface area contributed by atoms with Crippen LogP contribution in [-0.4, -0.2) is 37.5 Å². The summed E-state index contributed by atoms with van der Waals surface area (Å²) >= 11 is 8.13. The van der Waals surface area contributed by atoms with Crippen LogP contribution in [0.2, 0.25) is 5.02 Å². The summed E-state index contributed by atoms with van der Waals surface area (Å²) in [4.78, 5) is 51.9. The van der Waals surface area contributed by atoms with Gasteiger partial charge < -0.3 is 14.8 Å². The maximum absolute atomic E-state index is 13.3. The van der Waals surface area contributed by atoms with E-state index >= 15 is 0 Å². The van der Waals surface area contributed by atoms with E-state index in [1.165, 1.54) is 13.2 Å². The SMILES string of the molecule is COc1cc(/C=C2/C(=O)NC(=O)N(c3ccc(C)c(C)c3)C2=O)cc(I)c1OCC(=O)Nc1ccc(C)c(Cl)c1. The van der Waals surface area contributed by atoms with Gasteiger partial charge in [-0.05, 0) is 108 Å². The summed E-state index contributed by atoms with van der Waals surface area (Å²) in [6.45, 7) is 5.35. The molecule has 0 atom stereocenters. The maximum Gasteiger partial charge on any atom is 0.335 e. The molecule has 0 spiro atoms. The minimum Gasteiger partial charge on any atom is -0.493 e. The van der Waals surface area contributed by atoms with Crippen LogP contribution in [0.5, 0.6) is 11.5 Å². The highest BCUT2D eigenvalue weighted by Gasteiger charge is 2.37. The first-order chi connectivity index (χ1) is 19.0. The number of ether oxygens (including phenoxy) is 2. The Bertz CT molecular complexity index is 1590. The number of carbonyl (C=O) groups excluding carboxylic acids is 4. The van der Waals surface area contributed by atoms with Gasteiger partial charge in [0.2, 0.25) is 0 Å². The number of hydrogen-bond donors (Lipinski definition) is 2. The quantitative estimate of drug-likeness (QED) is 0.193. The molecule has 1 heterocycles. The minimum atomic E-state index is -0.822. The number of rotatable bonds is 7. The van der Waals surface area contributed by atoms with Crippen LogP contribution in [0.3, 0.4) is 0 Å². The number of amides is 5. The van der Waals surface area contributed by atoms with Crippen molar-refractivity contribution >= 4 is 75.4 Å². The molecule has 0 aliphatic carbocycles. The number of barbiturate groups is 1. The molecular weight excluding hydrogens is 649 g/mol. The first-order valence-corrected chi connectivity index (χ1v) is 13.5. The number of methoxy groups -OCH3 is 1. The molecule has 0 bridgehead atoms. The molecule has 0 aromatic heterocycles. The summed E-state index contributed by atoms with van der Waals surface area (Å²) in [6.07, 6.45) is 1.38. The van der Waals surface area contributed by atoms with Gasteiger partial charge in [-0.1, -0.05) is 23.7 Å². The lowest BCUT2D eigenvalue weighted by Crippen LogP contribution is -2.54. The van der Waals surface area contributed by atoms with E-state index in [1.54, 1.807) is 48.5 Å². The Hall–Kier alpha value is -3.90. The van der Waals surface area contributed by atoms with Crippen LogP contribution >= 0.6 is 34.2 Å². The number of nitrogens with zero attached hydrogens (tertiary/aromatic N) is 1. The average molecular weight is 674 g/mol. The highest BCUT2D eigenvalue weighted by atomic mass is 127. The summed E-state index contributed by atoms with van der Waals surface area (Å²) in [7, 11) is 1.43. The smallest absolute Gasteiger partial charge is 0.335 e. The lowest BCUT2D eigenvalue weighted by molar-refractivity contribution is -0.122. The molecular formula is C29H25ClIN3O6. The number of hydrogen-bond acceptors (Lipinski definition) is 6. The average Bonchev–Trinajstić information content (AvgIpc) is 2.89. The standard InChI is InChI=1S/C29H25ClIN3O6/c1-15-6-8-20(9-17(15)3)34-28(37)21(27(36)33-29(34)38)10-18-11-23(31)26(24(12-18)39-4)40-14-25(35)32-19-7-5-16(2)22(30)13-19/h5-13H,14H2,1-4H3,(H,32,35)(H,33,36,38)/b21-10-. The van der Waals surface area contributed by atoms with Crippen LogP contribution in [0.25, 0.3) is 6.08 Å². The van der Waals surface area contributed by atoms with E-state index in [1.807, 2.05) is 43.4 Å². The molecule has 11 heteroatoms. The number of anilines is 2. The molecule has 2 N–H and O–H groups in total. The van der Waals surface area contributed by atoms with Crippen molar-refractivity contribution in [3.63, 3.8) is 0 Å². The molecule has 9 nitrogen and oxygen atoms in total. The minimum absolute atomic E-state index is 0.222. The molecule has 1 aliphatic rings. The zero-order valence-electron chi connectivity index (χ0n) is 22.1. The second-order valence-electron chi connectivity index (χ2n) is 9.06. The van der Waals surface area contributed by atoms with E-state index in [0.717, 1.165) is 21.6 Å². The Labute approximate surface area is 249 Å². The van der Waals surface area contributed by atoms with E-state index in [0.29, 0.717) is 31.3 Å². The van der Waals surface area contributed by atoms with Gasteiger partial charge in [0.05, 0.1) is 16.4 Å². The lowest BCUT2D eigenvalue weighted by Gasteiger charge is -2.27. The van der Waals surface area contributed by atoms with Gasteiger partial charge in [-0.15, -0.1) is 0 Å². The Morgan fingerprint density at radius 2 is 1.75 bits per heavy atom. The number of benzene rings is 3. The van der Waals surface area contributed by atoms with Crippen LogP contribution in [0.4, 0.5) is 16.2 Å². The van der Waals surface area contributed by atoms with Gasteiger partial charge in [-0.3, -0.25) is 19.7 Å². The van der Waals surface area contributed by atoms with E-state index < -0.39 is 23.8 Å². The normalized spacial score (nSPS) is 14.3. The number of aryl methyl sites for hydroxylation is 3. The summed E-state index contributed by atoms with van der Waals surface area (Å²) in [5, 5.41) is 5.48. The van der Waals surface area contributed by atoms with Gasteiger partial charge in [-0.2, -0.15) is 0 Å². The first-order valence-electron chi connectivity index (χ1n) is 12.0. The maximum atomic E-state index is 13.3. The van der Waals surface area contributed by atoms with Gasteiger partial charge in [-0.25, -0.2) is 9.69 Å². The van der Waals surface area contributed by atoms with Crippen molar-refractivity contribution in [2.24, 2.45) is 0 Å². The monoisotopic (exact) mass is 673 g/mol. The van der Waals surface area contributed by atoms with Gasteiger partial charge in [0.15, 0.2) is 18.1 Å². The van der Waals surface area contributed by atoms with Crippen molar-refractivity contribution in [2.75, 3.05) is 23.9 Å². The molecule has 3 aromatic carbocycles. The zero-order chi connectivity index (χ0) is 29.1. The summed E-state index contributed by atoms with van der Waals surface area (Å²) in [5.74, 6) is -1.36. The highest BCUT2D eigenvalue weighted by molar-refractivity contribution is 14.1. The van der Waals surface area contributed by atoms with E-state index in [2.05, 4.69) is 10.6 Å². The predicted octanol–water partition coefficient (Wildman–Crippen LogP) is 5.56. The van der Waals surface area contributed by atoms with Crippen molar-refractivity contribution in [1.29, 1.82) is 0 Å². The van der Waals surface area contributed by atoms with Gasteiger partial charge in [0, 0.05) is 10.7 Å². The fourth-order valence-corrected chi connectivity index (χ4v) is 4.85. The second-order valence-corrected chi connectivity index (χ2v) is 10.6. The third-order valence-electron chi connectivity index (χ3n) is 6.22. The Morgan fingerprint density at radius 1 is 1.02 bits per heavy atom. The highest BCUT2D eigenvalue weighted by Crippen LogP contribution is 2.35. The van der Waals surface area contributed by atoms with Crippen LogP contribution in [0.15, 0.2) is 54.1 Å². The summed E-state index contributed by atoms with van der Waals surface area (Å²) in [6, 6.07) is 12.8. The molecule has 1 saturated heterocycles. The lowest BCUT2D eigenvalue weighted by atomic mass is 10.0. The molecule has 0 radical (unpaired) electrons. The van der Waals surface area contributed by atoms with Crippen molar-refractivity contribution in [3.05, 3.63) is 85.0 Å². The molecule has 206 valence electrons. The Balaban J connectivity index is 1.56. The molecule has 5 amide bonds. The van der Waals surface area contributed by atoms with Crippen molar-refractivity contribution in [2.45, 2.75) is 20.8 Å². The summed E-state index contributed by atoms with van der Waals surface area (Å²) < 4.78 is 11.8. The van der Waals surface area contributed by atoms with Crippen molar-refractivity contribution in [3.8, 4) is 11.5 Å². The van der Waals surface area contributed by atoms with Crippen molar-refractivity contribution in [1.82, 2.24) is 5.32 Å². The second kappa shape index (κ2) is 12.1. The number of imide groups is 2. The molecule has 1 aliphatic heterocycles. The predicted molar refractivity (Wildman–Crippen MR) is 161 cm³/mol. The Kier molecular flexibility index (Phi) is 8.79. The van der Waals surface area contributed by atoms with Crippen LogP contribution in [0, 0.1) is 24.3 Å². The topological polar surface area (TPSA) is 114 Å².